The van der Waals surface area contributed by atoms with Gasteiger partial charge in [0.15, 0.2) is 11.5 Å². The Labute approximate surface area is 216 Å². The first kappa shape index (κ1) is 22.1. The number of ether oxygens (including phenoxy) is 2. The number of imide groups is 1. The van der Waals surface area contributed by atoms with E-state index < -0.39 is 0 Å². The predicted molar refractivity (Wildman–Crippen MR) is 136 cm³/mol. The minimum atomic E-state index is -0.250. The number of benzene rings is 2. The van der Waals surface area contributed by atoms with Gasteiger partial charge in [-0.05, 0) is 88.1 Å². The van der Waals surface area contributed by atoms with Gasteiger partial charge in [0.05, 0.1) is 28.7 Å². The SMILES string of the molecule is COc1cc(/C=N\N2C(=O)[C@@H]3[C@@H](C2=O)[C@H]2C=C[C@H]3C23CC3)cc(I)c1OCc1ccc(Cl)cc1. The highest BCUT2D eigenvalue weighted by atomic mass is 127. The molecule has 1 heterocycles. The molecule has 2 aromatic carbocycles. The Bertz CT molecular complexity index is 1220. The highest BCUT2D eigenvalue weighted by molar-refractivity contribution is 14.1. The number of rotatable bonds is 6. The van der Waals surface area contributed by atoms with Crippen molar-refractivity contribution < 1.29 is 19.1 Å². The Morgan fingerprint density at radius 3 is 2.35 bits per heavy atom. The Hall–Kier alpha value is -2.39. The van der Waals surface area contributed by atoms with E-state index in [0.717, 1.165) is 32.5 Å². The highest BCUT2D eigenvalue weighted by Gasteiger charge is 2.73. The van der Waals surface area contributed by atoms with E-state index in [0.29, 0.717) is 23.1 Å². The van der Waals surface area contributed by atoms with E-state index in [1.54, 1.807) is 19.4 Å². The molecule has 0 N–H and O–H groups in total. The topological polar surface area (TPSA) is 68.2 Å². The minimum Gasteiger partial charge on any atom is -0.493 e. The van der Waals surface area contributed by atoms with Gasteiger partial charge in [0.1, 0.15) is 6.61 Å². The summed E-state index contributed by atoms with van der Waals surface area (Å²) in [6, 6.07) is 11.1. The molecule has 0 radical (unpaired) electrons. The van der Waals surface area contributed by atoms with Crippen LogP contribution in [0.1, 0.15) is 24.0 Å². The maximum atomic E-state index is 13.1. The predicted octanol–water partition coefficient (Wildman–Crippen LogP) is 5.06. The second-order valence-electron chi connectivity index (χ2n) is 9.40. The number of nitrogens with zero attached hydrogens (tertiary/aromatic N) is 2. The summed E-state index contributed by atoms with van der Waals surface area (Å²) >= 11 is 8.13. The van der Waals surface area contributed by atoms with Crippen LogP contribution in [-0.2, 0) is 16.2 Å². The van der Waals surface area contributed by atoms with Crippen molar-refractivity contribution in [3.8, 4) is 11.5 Å². The van der Waals surface area contributed by atoms with Crippen LogP contribution < -0.4 is 9.47 Å². The summed E-state index contributed by atoms with van der Waals surface area (Å²) in [6.07, 6.45) is 8.11. The molecule has 3 aliphatic carbocycles. The van der Waals surface area contributed by atoms with Crippen molar-refractivity contribution in [3.63, 3.8) is 0 Å². The zero-order chi connectivity index (χ0) is 23.6. The molecular weight excluding hydrogens is 567 g/mol. The molecule has 8 heteroatoms. The Morgan fingerprint density at radius 1 is 1.12 bits per heavy atom. The zero-order valence-corrected chi connectivity index (χ0v) is 21.3. The third-order valence-electron chi connectivity index (χ3n) is 7.70. The number of amides is 2. The van der Waals surface area contributed by atoms with E-state index in [1.807, 2.05) is 30.3 Å². The van der Waals surface area contributed by atoms with Crippen LogP contribution in [0.15, 0.2) is 53.7 Å². The van der Waals surface area contributed by atoms with Crippen molar-refractivity contribution in [2.45, 2.75) is 19.4 Å². The van der Waals surface area contributed by atoms with Crippen LogP contribution in [-0.4, -0.2) is 30.1 Å². The summed E-state index contributed by atoms with van der Waals surface area (Å²) in [4.78, 5) is 26.2. The lowest BCUT2D eigenvalue weighted by molar-refractivity contribution is -0.141. The molecule has 34 heavy (non-hydrogen) atoms. The number of methoxy groups -OCH3 is 1. The van der Waals surface area contributed by atoms with Gasteiger partial charge in [-0.1, -0.05) is 35.9 Å². The molecule has 1 saturated heterocycles. The quantitative estimate of drug-likeness (QED) is 0.205. The zero-order valence-electron chi connectivity index (χ0n) is 18.4. The maximum absolute atomic E-state index is 13.1. The number of hydrazone groups is 1. The number of allylic oxidation sites excluding steroid dienone is 2. The summed E-state index contributed by atoms with van der Waals surface area (Å²) < 4.78 is 12.4. The maximum Gasteiger partial charge on any atom is 0.254 e. The second-order valence-corrected chi connectivity index (χ2v) is 11.0. The van der Waals surface area contributed by atoms with Gasteiger partial charge < -0.3 is 9.47 Å². The fourth-order valence-corrected chi connectivity index (χ4v) is 6.90. The molecule has 0 aromatic heterocycles. The van der Waals surface area contributed by atoms with Crippen molar-refractivity contribution in [2.24, 2.45) is 34.2 Å². The third-order valence-corrected chi connectivity index (χ3v) is 8.75. The van der Waals surface area contributed by atoms with Crippen LogP contribution in [0, 0.1) is 32.7 Å². The van der Waals surface area contributed by atoms with Crippen molar-refractivity contribution >= 4 is 52.2 Å². The standard InChI is InChI=1S/C26H22ClIN2O4/c1-33-20-11-15(10-19(28)23(20)34-13-14-2-4-16(27)5-3-14)12-29-30-24(31)21-17-6-7-18(22(21)25(30)32)26(17)8-9-26/h2-7,10-12,17-18,21-22H,8-9,13H2,1H3/b29-12-/t17-,18-,21+,22+/m1/s1. The first-order valence-electron chi connectivity index (χ1n) is 11.3. The smallest absolute Gasteiger partial charge is 0.254 e. The molecule has 1 aliphatic heterocycles. The fraction of sp³-hybridized carbons (Fsp3) is 0.346. The minimum absolute atomic E-state index is 0.168. The summed E-state index contributed by atoms with van der Waals surface area (Å²) in [5, 5.41) is 6.08. The lowest BCUT2D eigenvalue weighted by Crippen LogP contribution is -2.30. The highest BCUT2D eigenvalue weighted by Crippen LogP contribution is 2.73. The molecule has 2 saturated carbocycles. The number of hydrogen-bond donors (Lipinski definition) is 0. The molecule has 1 spiro atoms. The van der Waals surface area contributed by atoms with Gasteiger partial charge in [-0.3, -0.25) is 9.59 Å². The first-order valence-corrected chi connectivity index (χ1v) is 12.7. The van der Waals surface area contributed by atoms with Gasteiger partial charge in [0.25, 0.3) is 11.8 Å². The summed E-state index contributed by atoms with van der Waals surface area (Å²) in [6.45, 7) is 0.369. The van der Waals surface area contributed by atoms with Gasteiger partial charge in [-0.15, -0.1) is 0 Å². The van der Waals surface area contributed by atoms with Crippen molar-refractivity contribution in [3.05, 3.63) is 68.3 Å². The van der Waals surface area contributed by atoms with Crippen LogP contribution in [0.25, 0.3) is 0 Å². The van der Waals surface area contributed by atoms with E-state index >= 15 is 0 Å². The number of fused-ring (bicyclic) bond motifs is 3. The summed E-state index contributed by atoms with van der Waals surface area (Å²) in [5.41, 5.74) is 1.89. The monoisotopic (exact) mass is 588 g/mol. The van der Waals surface area contributed by atoms with Crippen molar-refractivity contribution in [1.82, 2.24) is 5.01 Å². The van der Waals surface area contributed by atoms with E-state index in [9.17, 15) is 9.59 Å². The molecule has 2 aromatic rings. The molecule has 3 fully saturated rings. The number of carbonyl (C=O) groups excluding carboxylic acids is 2. The summed E-state index contributed by atoms with van der Waals surface area (Å²) in [7, 11) is 1.58. The average molecular weight is 589 g/mol. The Morgan fingerprint density at radius 2 is 1.76 bits per heavy atom. The molecule has 6 nitrogen and oxygen atoms in total. The van der Waals surface area contributed by atoms with Gasteiger partial charge in [-0.2, -0.15) is 10.1 Å². The lowest BCUT2D eigenvalue weighted by Gasteiger charge is -2.18. The van der Waals surface area contributed by atoms with Crippen LogP contribution in [0.5, 0.6) is 11.5 Å². The molecule has 6 rings (SSSR count). The molecule has 2 amide bonds. The van der Waals surface area contributed by atoms with E-state index in [4.69, 9.17) is 21.1 Å². The second kappa shape index (κ2) is 8.09. The van der Waals surface area contributed by atoms with Gasteiger partial charge in [0, 0.05) is 5.02 Å². The summed E-state index contributed by atoms with van der Waals surface area (Å²) in [5.74, 6) is 0.722. The Kier molecular flexibility index (Phi) is 5.26. The van der Waals surface area contributed by atoms with Crippen LogP contribution in [0.4, 0.5) is 0 Å². The van der Waals surface area contributed by atoms with Crippen LogP contribution in [0.2, 0.25) is 5.02 Å². The molecule has 2 bridgehead atoms. The number of hydrogen-bond acceptors (Lipinski definition) is 5. The Balaban J connectivity index is 1.20. The fourth-order valence-electron chi connectivity index (χ4n) is 5.99. The largest absolute Gasteiger partial charge is 0.493 e. The van der Waals surface area contributed by atoms with Crippen molar-refractivity contribution in [2.75, 3.05) is 7.11 Å². The van der Waals surface area contributed by atoms with Crippen molar-refractivity contribution in [1.29, 1.82) is 0 Å². The van der Waals surface area contributed by atoms with Gasteiger partial charge in [-0.25, -0.2) is 0 Å². The number of halogens is 2. The first-order chi connectivity index (χ1) is 16.4. The van der Waals surface area contributed by atoms with E-state index in [-0.39, 0.29) is 40.9 Å². The van der Waals surface area contributed by atoms with Gasteiger partial charge >= 0.3 is 0 Å². The third kappa shape index (κ3) is 3.31. The molecule has 4 atom stereocenters. The van der Waals surface area contributed by atoms with E-state index in [2.05, 4.69) is 39.8 Å². The molecule has 4 aliphatic rings. The van der Waals surface area contributed by atoms with E-state index in [1.165, 1.54) is 0 Å². The average Bonchev–Trinajstić information content (AvgIpc) is 3.43. The van der Waals surface area contributed by atoms with Crippen LogP contribution in [0.3, 0.4) is 0 Å². The molecule has 174 valence electrons. The van der Waals surface area contributed by atoms with Crippen LogP contribution >= 0.6 is 34.2 Å². The lowest BCUT2D eigenvalue weighted by atomic mass is 9.85. The normalized spacial score (nSPS) is 27.8. The molecular formula is C26H22ClIN2O4. The molecule has 0 unspecified atom stereocenters. The van der Waals surface area contributed by atoms with Gasteiger partial charge in [0.2, 0.25) is 0 Å². The number of carbonyl (C=O) groups is 2.